The molecule has 2 N–H and O–H groups in total. The normalized spacial score (nSPS) is 20.6. The van der Waals surface area contributed by atoms with E-state index in [0.29, 0.717) is 18.8 Å². The van der Waals surface area contributed by atoms with Gasteiger partial charge in [0, 0.05) is 28.4 Å². The molecule has 1 fully saturated rings. The van der Waals surface area contributed by atoms with E-state index in [0.717, 1.165) is 16.6 Å². The molecule has 2 aromatic heterocycles. The van der Waals surface area contributed by atoms with Crippen LogP contribution in [0.3, 0.4) is 0 Å². The number of ether oxygens (including phenoxy) is 1. The van der Waals surface area contributed by atoms with E-state index in [4.69, 9.17) is 4.74 Å². The third-order valence-electron chi connectivity index (χ3n) is 4.72. The maximum absolute atomic E-state index is 12.7. The van der Waals surface area contributed by atoms with Gasteiger partial charge < -0.3 is 15.0 Å². The summed E-state index contributed by atoms with van der Waals surface area (Å²) in [7, 11) is 0. The number of fused-ring (bicyclic) bond motifs is 1. The second-order valence-corrected chi connectivity index (χ2v) is 6.20. The Balaban J connectivity index is 1.56. The minimum atomic E-state index is -0.121. The summed E-state index contributed by atoms with van der Waals surface area (Å²) in [6.07, 6.45) is 3.42. The number of aromatic nitrogens is 4. The van der Waals surface area contributed by atoms with Crippen LogP contribution in [0.4, 0.5) is 0 Å². The van der Waals surface area contributed by atoms with Crippen LogP contribution in [0, 0.1) is 13.8 Å². The molecule has 4 rings (SSSR count). The van der Waals surface area contributed by atoms with Gasteiger partial charge in [-0.3, -0.25) is 4.79 Å². The molecule has 0 bridgehead atoms. The van der Waals surface area contributed by atoms with Crippen molar-refractivity contribution in [1.82, 2.24) is 25.3 Å². The standard InChI is InChI=1S/C17H19N5O2/c1-10-11(2)19-14-4-3-12(7-13(10)14)17(23)20-15-8-24-9-16(15)22-6-5-18-21-22/h3-7,15-16,19H,8-9H2,1-2H3,(H,20,23)/t15-,16+/m0/s1. The van der Waals surface area contributed by atoms with Gasteiger partial charge in [-0.1, -0.05) is 5.21 Å². The number of aryl methyl sites for hydroxylation is 2. The van der Waals surface area contributed by atoms with E-state index >= 15 is 0 Å². The van der Waals surface area contributed by atoms with Crippen LogP contribution in [0.25, 0.3) is 10.9 Å². The zero-order chi connectivity index (χ0) is 16.7. The summed E-state index contributed by atoms with van der Waals surface area (Å²) in [5.74, 6) is -0.101. The first-order chi connectivity index (χ1) is 11.6. The molecule has 24 heavy (non-hydrogen) atoms. The number of benzene rings is 1. The zero-order valence-corrected chi connectivity index (χ0v) is 13.6. The van der Waals surface area contributed by atoms with Crippen LogP contribution < -0.4 is 5.32 Å². The van der Waals surface area contributed by atoms with Crippen LogP contribution in [0.15, 0.2) is 30.6 Å². The van der Waals surface area contributed by atoms with Crippen LogP contribution >= 0.6 is 0 Å². The molecule has 0 unspecified atom stereocenters. The average molecular weight is 325 g/mol. The number of carbonyl (C=O) groups is 1. The number of H-pyrrole nitrogens is 1. The number of hydrogen-bond donors (Lipinski definition) is 2. The van der Waals surface area contributed by atoms with Crippen molar-refractivity contribution in [3.8, 4) is 0 Å². The van der Waals surface area contributed by atoms with Gasteiger partial charge in [-0.2, -0.15) is 0 Å². The molecule has 3 heterocycles. The largest absolute Gasteiger partial charge is 0.377 e. The molecule has 1 amide bonds. The van der Waals surface area contributed by atoms with Crippen LogP contribution in [0.5, 0.6) is 0 Å². The molecule has 0 aliphatic carbocycles. The molecular formula is C17H19N5O2. The van der Waals surface area contributed by atoms with E-state index in [1.165, 1.54) is 5.56 Å². The molecule has 1 aliphatic heterocycles. The fraction of sp³-hybridized carbons (Fsp3) is 0.353. The van der Waals surface area contributed by atoms with Gasteiger partial charge in [-0.15, -0.1) is 5.10 Å². The summed E-state index contributed by atoms with van der Waals surface area (Å²) in [5, 5.41) is 12.0. The molecule has 1 aliphatic rings. The minimum Gasteiger partial charge on any atom is -0.377 e. The van der Waals surface area contributed by atoms with E-state index in [1.54, 1.807) is 17.1 Å². The summed E-state index contributed by atoms with van der Waals surface area (Å²) >= 11 is 0. The predicted molar refractivity (Wildman–Crippen MR) is 88.9 cm³/mol. The van der Waals surface area contributed by atoms with E-state index in [9.17, 15) is 4.79 Å². The monoisotopic (exact) mass is 325 g/mol. The summed E-state index contributed by atoms with van der Waals surface area (Å²) < 4.78 is 7.25. The van der Waals surface area contributed by atoms with Crippen molar-refractivity contribution in [3.63, 3.8) is 0 Å². The molecule has 124 valence electrons. The highest BCUT2D eigenvalue weighted by Crippen LogP contribution is 2.23. The van der Waals surface area contributed by atoms with Crippen LogP contribution in [-0.4, -0.2) is 45.1 Å². The molecular weight excluding hydrogens is 306 g/mol. The maximum atomic E-state index is 12.7. The lowest BCUT2D eigenvalue weighted by Gasteiger charge is -2.19. The number of carbonyl (C=O) groups excluding carboxylic acids is 1. The van der Waals surface area contributed by atoms with Gasteiger partial charge in [0.2, 0.25) is 0 Å². The third kappa shape index (κ3) is 2.46. The average Bonchev–Trinajstić information content (AvgIpc) is 3.29. The molecule has 0 saturated carbocycles. The molecule has 1 saturated heterocycles. The van der Waals surface area contributed by atoms with Crippen molar-refractivity contribution in [2.45, 2.75) is 25.9 Å². The Morgan fingerprint density at radius 2 is 2.25 bits per heavy atom. The zero-order valence-electron chi connectivity index (χ0n) is 13.6. The second-order valence-electron chi connectivity index (χ2n) is 6.20. The van der Waals surface area contributed by atoms with Crippen molar-refractivity contribution in [1.29, 1.82) is 0 Å². The van der Waals surface area contributed by atoms with Gasteiger partial charge in [0.15, 0.2) is 0 Å². The van der Waals surface area contributed by atoms with Crippen molar-refractivity contribution in [2.24, 2.45) is 0 Å². The van der Waals surface area contributed by atoms with Gasteiger partial charge in [0.25, 0.3) is 5.91 Å². The highest BCUT2D eigenvalue weighted by atomic mass is 16.5. The van der Waals surface area contributed by atoms with Crippen LogP contribution in [0.1, 0.15) is 27.7 Å². The number of nitrogens with zero attached hydrogens (tertiary/aromatic N) is 3. The first-order valence-electron chi connectivity index (χ1n) is 7.97. The molecule has 1 aromatic carbocycles. The highest BCUT2D eigenvalue weighted by Gasteiger charge is 2.31. The molecule has 2 atom stereocenters. The molecule has 0 spiro atoms. The Hall–Kier alpha value is -2.67. The number of aromatic amines is 1. The van der Waals surface area contributed by atoms with Crippen LogP contribution in [0.2, 0.25) is 0 Å². The fourth-order valence-corrected chi connectivity index (χ4v) is 3.19. The van der Waals surface area contributed by atoms with Gasteiger partial charge in [-0.05, 0) is 37.6 Å². The number of rotatable bonds is 3. The summed E-state index contributed by atoms with van der Waals surface area (Å²) in [5.41, 5.74) is 3.99. The molecule has 0 radical (unpaired) electrons. The van der Waals surface area contributed by atoms with E-state index in [-0.39, 0.29) is 18.0 Å². The third-order valence-corrected chi connectivity index (χ3v) is 4.72. The Bertz CT molecular complexity index is 884. The Morgan fingerprint density at radius 3 is 3.04 bits per heavy atom. The smallest absolute Gasteiger partial charge is 0.251 e. The number of hydrogen-bond acceptors (Lipinski definition) is 4. The molecule has 7 nitrogen and oxygen atoms in total. The first-order valence-corrected chi connectivity index (χ1v) is 7.97. The van der Waals surface area contributed by atoms with Gasteiger partial charge in [0.05, 0.1) is 31.5 Å². The van der Waals surface area contributed by atoms with Gasteiger partial charge in [0.1, 0.15) is 0 Å². The van der Waals surface area contributed by atoms with E-state index in [2.05, 4.69) is 27.5 Å². The minimum absolute atomic E-state index is 0.0311. The number of amides is 1. The lowest BCUT2D eigenvalue weighted by molar-refractivity contribution is 0.0925. The fourth-order valence-electron chi connectivity index (χ4n) is 3.19. The summed E-state index contributed by atoms with van der Waals surface area (Å²) in [6.45, 7) is 5.08. The predicted octanol–water partition coefficient (Wildman–Crippen LogP) is 1.75. The van der Waals surface area contributed by atoms with Gasteiger partial charge in [-0.25, -0.2) is 4.68 Å². The SMILES string of the molecule is Cc1[nH]c2ccc(C(=O)N[C@H]3COC[C@H]3n3ccnn3)cc2c1C. The first kappa shape index (κ1) is 14.9. The Labute approximate surface area is 139 Å². The summed E-state index contributed by atoms with van der Waals surface area (Å²) in [6, 6.07) is 5.57. The highest BCUT2D eigenvalue weighted by molar-refractivity contribution is 5.99. The Kier molecular flexibility index (Phi) is 3.57. The van der Waals surface area contributed by atoms with Crippen molar-refractivity contribution < 1.29 is 9.53 Å². The summed E-state index contributed by atoms with van der Waals surface area (Å²) in [4.78, 5) is 16.0. The lowest BCUT2D eigenvalue weighted by Crippen LogP contribution is -2.41. The van der Waals surface area contributed by atoms with Gasteiger partial charge >= 0.3 is 0 Å². The number of nitrogens with one attached hydrogen (secondary N) is 2. The quantitative estimate of drug-likeness (QED) is 0.768. The van der Waals surface area contributed by atoms with Crippen molar-refractivity contribution in [2.75, 3.05) is 13.2 Å². The van der Waals surface area contributed by atoms with Crippen molar-refractivity contribution in [3.05, 3.63) is 47.4 Å². The van der Waals surface area contributed by atoms with E-state index < -0.39 is 0 Å². The lowest BCUT2D eigenvalue weighted by atomic mass is 10.1. The topological polar surface area (TPSA) is 84.8 Å². The van der Waals surface area contributed by atoms with E-state index in [1.807, 2.05) is 25.1 Å². The van der Waals surface area contributed by atoms with Crippen molar-refractivity contribution >= 4 is 16.8 Å². The maximum Gasteiger partial charge on any atom is 0.251 e. The second kappa shape index (κ2) is 5.76. The molecule has 3 aromatic rings. The Morgan fingerprint density at radius 1 is 1.38 bits per heavy atom. The molecule has 7 heteroatoms. The van der Waals surface area contributed by atoms with Crippen LogP contribution in [-0.2, 0) is 4.74 Å².